The average molecular weight is 417 g/mol. The van der Waals surface area contributed by atoms with Gasteiger partial charge in [0.25, 0.3) is 0 Å². The van der Waals surface area contributed by atoms with Crippen molar-refractivity contribution in [3.8, 4) is 5.75 Å². The number of hydrogen-bond donors (Lipinski definition) is 1. The highest BCUT2D eigenvalue weighted by Gasteiger charge is 2.14. The summed E-state index contributed by atoms with van der Waals surface area (Å²) in [6.45, 7) is 5.82. The molecule has 0 bridgehead atoms. The Morgan fingerprint density at radius 1 is 1.23 bits per heavy atom. The predicted octanol–water partition coefficient (Wildman–Crippen LogP) is 3.05. The molecule has 0 atom stereocenters. The van der Waals surface area contributed by atoms with E-state index in [0.29, 0.717) is 18.9 Å². The van der Waals surface area contributed by atoms with Crippen molar-refractivity contribution in [2.75, 3.05) is 33.3 Å². The Balaban J connectivity index is 1.45. The van der Waals surface area contributed by atoms with E-state index in [1.54, 1.807) is 12.1 Å². The largest absolute Gasteiger partial charge is 0.492 e. The Bertz CT molecular complexity index is 804. The number of nitrogens with one attached hydrogen (secondary N) is 1. The Hall–Kier alpha value is -2.64. The third-order valence-electron chi connectivity index (χ3n) is 5.21. The molecular weight excluding hydrogens is 383 g/mol. The third kappa shape index (κ3) is 6.43. The van der Waals surface area contributed by atoms with E-state index in [9.17, 15) is 4.39 Å². The van der Waals surface area contributed by atoms with Gasteiger partial charge in [0, 0.05) is 39.5 Å². The number of aryl methyl sites for hydroxylation is 2. The van der Waals surface area contributed by atoms with Gasteiger partial charge in [0.1, 0.15) is 29.8 Å². The Labute approximate surface area is 178 Å². The Kier molecular flexibility index (Phi) is 8.47. The molecule has 0 unspecified atom stereocenters. The van der Waals surface area contributed by atoms with Gasteiger partial charge in [-0.1, -0.05) is 6.42 Å². The molecule has 0 saturated carbocycles. The van der Waals surface area contributed by atoms with Crippen molar-refractivity contribution in [1.29, 1.82) is 0 Å². The first-order valence-electron chi connectivity index (χ1n) is 11.0. The second kappa shape index (κ2) is 11.5. The van der Waals surface area contributed by atoms with Crippen molar-refractivity contribution in [3.05, 3.63) is 41.7 Å². The molecule has 2 aromatic rings. The molecule has 0 amide bonds. The lowest BCUT2D eigenvalue weighted by atomic mass is 10.2. The molecule has 1 aromatic carbocycles. The van der Waals surface area contributed by atoms with Crippen LogP contribution in [0.15, 0.2) is 29.3 Å². The molecule has 0 radical (unpaired) electrons. The van der Waals surface area contributed by atoms with Gasteiger partial charge in [0.15, 0.2) is 5.96 Å². The van der Waals surface area contributed by atoms with Crippen LogP contribution in [-0.2, 0) is 19.4 Å². The number of hydrogen-bond acceptors (Lipinski definition) is 4. The molecule has 2 heterocycles. The predicted molar refractivity (Wildman–Crippen MR) is 116 cm³/mol. The normalized spacial score (nSPS) is 14.2. The first-order valence-corrected chi connectivity index (χ1v) is 11.0. The van der Waals surface area contributed by atoms with Gasteiger partial charge in [-0.25, -0.2) is 4.39 Å². The number of aromatic nitrogens is 3. The number of ether oxygens (including phenoxy) is 1. The zero-order chi connectivity index (χ0) is 21.2. The lowest BCUT2D eigenvalue weighted by Gasteiger charge is -2.22. The van der Waals surface area contributed by atoms with E-state index in [2.05, 4.69) is 31.9 Å². The van der Waals surface area contributed by atoms with Crippen LogP contribution in [0.2, 0.25) is 0 Å². The van der Waals surface area contributed by atoms with Crippen molar-refractivity contribution in [3.63, 3.8) is 0 Å². The molecule has 8 heteroatoms. The third-order valence-corrected chi connectivity index (χ3v) is 5.21. The molecule has 1 aliphatic heterocycles. The monoisotopic (exact) mass is 416 g/mol. The molecule has 7 nitrogen and oxygen atoms in total. The maximum absolute atomic E-state index is 13.0. The first-order chi connectivity index (χ1) is 14.7. The van der Waals surface area contributed by atoms with E-state index in [0.717, 1.165) is 56.5 Å². The summed E-state index contributed by atoms with van der Waals surface area (Å²) in [7, 11) is 1.99. The summed E-state index contributed by atoms with van der Waals surface area (Å²) in [5, 5.41) is 12.1. The maximum atomic E-state index is 13.0. The van der Waals surface area contributed by atoms with E-state index < -0.39 is 0 Å². The van der Waals surface area contributed by atoms with Gasteiger partial charge in [-0.15, -0.1) is 10.2 Å². The number of fused-ring (bicyclic) bond motifs is 1. The van der Waals surface area contributed by atoms with Crippen molar-refractivity contribution in [1.82, 2.24) is 25.0 Å². The average Bonchev–Trinajstić information content (AvgIpc) is 2.97. The smallest absolute Gasteiger partial charge is 0.193 e. The molecule has 0 fully saturated rings. The minimum absolute atomic E-state index is 0.261. The highest BCUT2D eigenvalue weighted by Crippen LogP contribution is 2.15. The number of halogens is 1. The molecule has 0 aliphatic carbocycles. The fourth-order valence-corrected chi connectivity index (χ4v) is 3.56. The fraction of sp³-hybridized carbons (Fsp3) is 0.591. The second-order valence-electron chi connectivity index (χ2n) is 7.56. The zero-order valence-corrected chi connectivity index (χ0v) is 18.1. The second-order valence-corrected chi connectivity index (χ2v) is 7.56. The molecule has 30 heavy (non-hydrogen) atoms. The number of guanidine groups is 1. The molecule has 0 spiro atoms. The summed E-state index contributed by atoms with van der Waals surface area (Å²) in [5.74, 6) is 3.50. The van der Waals surface area contributed by atoms with Crippen LogP contribution >= 0.6 is 0 Å². The van der Waals surface area contributed by atoms with Gasteiger partial charge in [-0.05, 0) is 50.5 Å². The summed E-state index contributed by atoms with van der Waals surface area (Å²) < 4.78 is 21.0. The van der Waals surface area contributed by atoms with Crippen LogP contribution in [-0.4, -0.2) is 58.9 Å². The lowest BCUT2D eigenvalue weighted by Crippen LogP contribution is -2.41. The van der Waals surface area contributed by atoms with E-state index in [-0.39, 0.29) is 5.82 Å². The van der Waals surface area contributed by atoms with Gasteiger partial charge >= 0.3 is 0 Å². The first kappa shape index (κ1) is 22.1. The van der Waals surface area contributed by atoms with Gasteiger partial charge in [-0.3, -0.25) is 4.99 Å². The van der Waals surface area contributed by atoms with E-state index >= 15 is 0 Å². The summed E-state index contributed by atoms with van der Waals surface area (Å²) in [4.78, 5) is 6.80. The van der Waals surface area contributed by atoms with Crippen molar-refractivity contribution in [2.24, 2.45) is 4.99 Å². The van der Waals surface area contributed by atoms with Crippen LogP contribution in [0, 0.1) is 5.82 Å². The van der Waals surface area contributed by atoms with Crippen LogP contribution < -0.4 is 10.1 Å². The van der Waals surface area contributed by atoms with Crippen LogP contribution in [0.4, 0.5) is 4.39 Å². The molecule has 164 valence electrons. The SMILES string of the molecule is CCNC(=NCCCc1nnc2n1CCCCC2)N(C)CCOc1ccc(F)cc1. The van der Waals surface area contributed by atoms with Gasteiger partial charge in [-0.2, -0.15) is 0 Å². The number of rotatable bonds is 9. The molecule has 3 rings (SSSR count). The van der Waals surface area contributed by atoms with Crippen molar-refractivity contribution in [2.45, 2.75) is 52.0 Å². The minimum Gasteiger partial charge on any atom is -0.492 e. The number of benzene rings is 1. The molecule has 1 aliphatic rings. The molecule has 1 N–H and O–H groups in total. The van der Waals surface area contributed by atoms with E-state index in [4.69, 9.17) is 9.73 Å². The van der Waals surface area contributed by atoms with Crippen LogP contribution in [0.1, 0.15) is 44.3 Å². The van der Waals surface area contributed by atoms with E-state index in [1.807, 2.05) is 7.05 Å². The highest BCUT2D eigenvalue weighted by atomic mass is 19.1. The molecule has 1 aromatic heterocycles. The Morgan fingerprint density at radius 2 is 2.07 bits per heavy atom. The van der Waals surface area contributed by atoms with Crippen molar-refractivity contribution >= 4 is 5.96 Å². The summed E-state index contributed by atoms with van der Waals surface area (Å²) in [5.41, 5.74) is 0. The maximum Gasteiger partial charge on any atom is 0.193 e. The number of likely N-dealkylation sites (N-methyl/N-ethyl adjacent to an activating group) is 1. The molecular formula is C22H33FN6O. The summed E-state index contributed by atoms with van der Waals surface area (Å²) in [6.07, 6.45) is 6.58. The summed E-state index contributed by atoms with van der Waals surface area (Å²) >= 11 is 0. The standard InChI is InChI=1S/C22H33FN6O/c1-3-24-22(28(2)16-17-30-19-12-10-18(23)11-13-19)25-14-7-9-21-27-26-20-8-5-4-6-15-29(20)21/h10-13H,3-9,14-17H2,1-2H3,(H,24,25). The van der Waals surface area contributed by atoms with Gasteiger partial charge in [0.05, 0.1) is 6.54 Å². The van der Waals surface area contributed by atoms with Gasteiger partial charge < -0.3 is 19.5 Å². The number of nitrogens with zero attached hydrogens (tertiary/aromatic N) is 5. The fourth-order valence-electron chi connectivity index (χ4n) is 3.56. The lowest BCUT2D eigenvalue weighted by molar-refractivity contribution is 0.281. The zero-order valence-electron chi connectivity index (χ0n) is 18.1. The molecule has 0 saturated heterocycles. The van der Waals surface area contributed by atoms with E-state index in [1.165, 1.54) is 31.4 Å². The van der Waals surface area contributed by atoms with Crippen LogP contribution in [0.3, 0.4) is 0 Å². The quantitative estimate of drug-likeness (QED) is 0.387. The minimum atomic E-state index is -0.261. The summed E-state index contributed by atoms with van der Waals surface area (Å²) in [6, 6.07) is 6.08. The Morgan fingerprint density at radius 3 is 2.87 bits per heavy atom. The van der Waals surface area contributed by atoms with Crippen LogP contribution in [0.5, 0.6) is 5.75 Å². The van der Waals surface area contributed by atoms with Crippen molar-refractivity contribution < 1.29 is 9.13 Å². The van der Waals surface area contributed by atoms with Crippen LogP contribution in [0.25, 0.3) is 0 Å². The highest BCUT2D eigenvalue weighted by molar-refractivity contribution is 5.79. The van der Waals surface area contributed by atoms with Gasteiger partial charge in [0.2, 0.25) is 0 Å². The topological polar surface area (TPSA) is 67.6 Å². The number of aliphatic imine (C=N–C) groups is 1.